The van der Waals surface area contributed by atoms with Crippen molar-refractivity contribution in [1.82, 2.24) is 20.3 Å². The van der Waals surface area contributed by atoms with E-state index < -0.39 is 0 Å². The van der Waals surface area contributed by atoms with Gasteiger partial charge in [0, 0.05) is 25.8 Å². The van der Waals surface area contributed by atoms with E-state index in [9.17, 15) is 4.79 Å². The smallest absolute Gasteiger partial charge is 0.246 e. The fourth-order valence-electron chi connectivity index (χ4n) is 3.14. The minimum atomic E-state index is -0.200. The molecule has 110 valence electrons. The Kier molecular flexibility index (Phi) is 2.81. The molecular formula is C14H17N5O2. The first-order valence-electron chi connectivity index (χ1n) is 7.20. The Morgan fingerprint density at radius 3 is 2.90 bits per heavy atom. The first-order valence-corrected chi connectivity index (χ1v) is 7.20. The molecule has 4 heterocycles. The molecule has 0 unspecified atom stereocenters. The largest absolute Gasteiger partial charge is 0.363 e. The number of carbonyl (C=O) groups excluding carboxylic acids is 1. The molecule has 4 rings (SSSR count). The van der Waals surface area contributed by atoms with Crippen LogP contribution in [0.15, 0.2) is 18.6 Å². The van der Waals surface area contributed by atoms with E-state index in [0.717, 1.165) is 42.8 Å². The molecule has 1 amide bonds. The van der Waals surface area contributed by atoms with E-state index in [1.807, 2.05) is 12.3 Å². The van der Waals surface area contributed by atoms with E-state index in [1.165, 1.54) is 0 Å². The highest BCUT2D eigenvalue weighted by Crippen LogP contribution is 2.31. The molecule has 0 atom stereocenters. The molecule has 1 spiro atoms. The van der Waals surface area contributed by atoms with Gasteiger partial charge in [0.05, 0.1) is 11.0 Å². The highest BCUT2D eigenvalue weighted by atomic mass is 16.5. The number of hydrogen-bond acceptors (Lipinski definition) is 5. The number of amides is 1. The number of rotatable bonds is 1. The maximum atomic E-state index is 11.2. The Morgan fingerprint density at radius 2 is 2.14 bits per heavy atom. The van der Waals surface area contributed by atoms with Gasteiger partial charge in [-0.3, -0.25) is 4.79 Å². The SMILES string of the molecule is O=C1COC2(CCN(c3ncnc4[nH]ccc34)CC2)CN1. The van der Waals surface area contributed by atoms with Crippen molar-refractivity contribution in [2.24, 2.45) is 0 Å². The molecule has 0 aliphatic carbocycles. The van der Waals surface area contributed by atoms with Crippen molar-refractivity contribution in [3.8, 4) is 0 Å². The molecule has 0 bridgehead atoms. The number of aromatic amines is 1. The van der Waals surface area contributed by atoms with Gasteiger partial charge in [-0.15, -0.1) is 0 Å². The Labute approximate surface area is 121 Å². The average Bonchev–Trinajstić information content (AvgIpc) is 3.00. The van der Waals surface area contributed by atoms with Crippen molar-refractivity contribution in [3.63, 3.8) is 0 Å². The third-order valence-electron chi connectivity index (χ3n) is 4.42. The molecule has 2 aliphatic heterocycles. The van der Waals surface area contributed by atoms with Crippen LogP contribution < -0.4 is 10.2 Å². The zero-order valence-corrected chi connectivity index (χ0v) is 11.6. The molecule has 2 aliphatic rings. The minimum Gasteiger partial charge on any atom is -0.363 e. The van der Waals surface area contributed by atoms with E-state index in [1.54, 1.807) is 6.33 Å². The monoisotopic (exact) mass is 287 g/mol. The van der Waals surface area contributed by atoms with Gasteiger partial charge in [-0.25, -0.2) is 9.97 Å². The van der Waals surface area contributed by atoms with Crippen LogP contribution in [0.4, 0.5) is 5.82 Å². The number of hydrogen-bond donors (Lipinski definition) is 2. The lowest BCUT2D eigenvalue weighted by atomic mass is 9.90. The Hall–Kier alpha value is -2.15. The Morgan fingerprint density at radius 1 is 1.29 bits per heavy atom. The highest BCUT2D eigenvalue weighted by molar-refractivity contribution is 5.87. The van der Waals surface area contributed by atoms with Gasteiger partial charge >= 0.3 is 0 Å². The summed E-state index contributed by atoms with van der Waals surface area (Å²) in [6, 6.07) is 2.01. The highest BCUT2D eigenvalue weighted by Gasteiger charge is 2.39. The molecule has 0 aromatic carbocycles. The normalized spacial score (nSPS) is 21.7. The molecular weight excluding hydrogens is 270 g/mol. The fourth-order valence-corrected chi connectivity index (χ4v) is 3.14. The van der Waals surface area contributed by atoms with Gasteiger partial charge in [-0.2, -0.15) is 0 Å². The number of morpholine rings is 1. The summed E-state index contributed by atoms with van der Waals surface area (Å²) in [5.41, 5.74) is 0.663. The van der Waals surface area contributed by atoms with Gasteiger partial charge in [-0.05, 0) is 18.9 Å². The molecule has 7 heteroatoms. The van der Waals surface area contributed by atoms with Crippen molar-refractivity contribution < 1.29 is 9.53 Å². The first-order chi connectivity index (χ1) is 10.3. The number of nitrogens with one attached hydrogen (secondary N) is 2. The molecule has 2 N–H and O–H groups in total. The van der Waals surface area contributed by atoms with E-state index >= 15 is 0 Å². The fraction of sp³-hybridized carbons (Fsp3) is 0.500. The number of carbonyl (C=O) groups is 1. The van der Waals surface area contributed by atoms with Gasteiger partial charge in [-0.1, -0.05) is 0 Å². The molecule has 21 heavy (non-hydrogen) atoms. The molecule has 0 radical (unpaired) electrons. The zero-order chi connectivity index (χ0) is 14.3. The van der Waals surface area contributed by atoms with Crippen LogP contribution in [0.25, 0.3) is 11.0 Å². The number of H-pyrrole nitrogens is 1. The van der Waals surface area contributed by atoms with Crippen molar-refractivity contribution in [2.45, 2.75) is 18.4 Å². The summed E-state index contributed by atoms with van der Waals surface area (Å²) in [4.78, 5) is 25.3. The molecule has 2 aromatic heterocycles. The lowest BCUT2D eigenvalue weighted by Gasteiger charge is -2.44. The van der Waals surface area contributed by atoms with Crippen molar-refractivity contribution in [3.05, 3.63) is 18.6 Å². The van der Waals surface area contributed by atoms with E-state index in [-0.39, 0.29) is 18.1 Å². The lowest BCUT2D eigenvalue weighted by molar-refractivity contribution is -0.146. The number of anilines is 1. The van der Waals surface area contributed by atoms with Gasteiger partial charge in [0.2, 0.25) is 5.91 Å². The number of aromatic nitrogens is 3. The van der Waals surface area contributed by atoms with Crippen LogP contribution in [-0.4, -0.2) is 52.7 Å². The molecule has 2 aromatic rings. The quantitative estimate of drug-likeness (QED) is 0.795. The number of piperidine rings is 1. The van der Waals surface area contributed by atoms with Crippen molar-refractivity contribution in [1.29, 1.82) is 0 Å². The third kappa shape index (κ3) is 2.13. The zero-order valence-electron chi connectivity index (χ0n) is 11.6. The van der Waals surface area contributed by atoms with E-state index in [4.69, 9.17) is 4.74 Å². The summed E-state index contributed by atoms with van der Waals surface area (Å²) in [6.45, 7) is 2.53. The molecule has 0 saturated carbocycles. The van der Waals surface area contributed by atoms with Crippen LogP contribution in [-0.2, 0) is 9.53 Å². The summed E-state index contributed by atoms with van der Waals surface area (Å²) in [5, 5.41) is 3.96. The van der Waals surface area contributed by atoms with Gasteiger partial charge in [0.1, 0.15) is 24.4 Å². The van der Waals surface area contributed by atoms with Crippen LogP contribution in [0.1, 0.15) is 12.8 Å². The number of fused-ring (bicyclic) bond motifs is 1. The second kappa shape index (κ2) is 4.70. The predicted molar refractivity (Wildman–Crippen MR) is 77.0 cm³/mol. The van der Waals surface area contributed by atoms with Crippen LogP contribution >= 0.6 is 0 Å². The van der Waals surface area contributed by atoms with Crippen LogP contribution in [0, 0.1) is 0 Å². The van der Waals surface area contributed by atoms with Crippen molar-refractivity contribution >= 4 is 22.8 Å². The van der Waals surface area contributed by atoms with Crippen LogP contribution in [0.2, 0.25) is 0 Å². The minimum absolute atomic E-state index is 0.0205. The maximum Gasteiger partial charge on any atom is 0.246 e. The lowest BCUT2D eigenvalue weighted by Crippen LogP contribution is -2.57. The first kappa shape index (κ1) is 12.6. The van der Waals surface area contributed by atoms with Gasteiger partial charge in [0.25, 0.3) is 0 Å². The van der Waals surface area contributed by atoms with Crippen molar-refractivity contribution in [2.75, 3.05) is 31.1 Å². The maximum absolute atomic E-state index is 11.2. The standard InChI is InChI=1S/C14H17N5O2/c20-11-7-21-14(8-16-11)2-5-19(6-3-14)13-10-1-4-15-12(10)17-9-18-13/h1,4,9H,2-3,5-8H2,(H,16,20)(H,15,17,18). The predicted octanol–water partition coefficient (Wildman–Crippen LogP) is 0.443. The third-order valence-corrected chi connectivity index (χ3v) is 4.42. The van der Waals surface area contributed by atoms with Crippen LogP contribution in [0.5, 0.6) is 0 Å². The topological polar surface area (TPSA) is 83.1 Å². The van der Waals surface area contributed by atoms with E-state index in [2.05, 4.69) is 25.2 Å². The second-order valence-corrected chi connectivity index (χ2v) is 5.67. The summed E-state index contributed by atoms with van der Waals surface area (Å²) >= 11 is 0. The average molecular weight is 287 g/mol. The molecule has 2 fully saturated rings. The van der Waals surface area contributed by atoms with E-state index in [0.29, 0.717) is 6.54 Å². The molecule has 2 saturated heterocycles. The Balaban J connectivity index is 1.52. The molecule has 7 nitrogen and oxygen atoms in total. The van der Waals surface area contributed by atoms with Crippen LogP contribution in [0.3, 0.4) is 0 Å². The summed E-state index contributed by atoms with van der Waals surface area (Å²) < 4.78 is 5.80. The van der Waals surface area contributed by atoms with Gasteiger partial charge < -0.3 is 19.9 Å². The second-order valence-electron chi connectivity index (χ2n) is 5.67. The number of nitrogens with zero attached hydrogens (tertiary/aromatic N) is 3. The number of ether oxygens (including phenoxy) is 1. The Bertz CT molecular complexity index is 663. The summed E-state index contributed by atoms with van der Waals surface area (Å²) in [6.07, 6.45) is 5.26. The summed E-state index contributed by atoms with van der Waals surface area (Å²) in [5.74, 6) is 0.948. The van der Waals surface area contributed by atoms with Gasteiger partial charge in [0.15, 0.2) is 0 Å². The summed E-state index contributed by atoms with van der Waals surface area (Å²) in [7, 11) is 0.